The number of carbonyl (C=O) groups excluding carboxylic acids is 2. The number of para-hydroxylation sites is 1. The second-order valence-corrected chi connectivity index (χ2v) is 22.8. The summed E-state index contributed by atoms with van der Waals surface area (Å²) in [5.41, 5.74) is 7.85. The third-order valence-corrected chi connectivity index (χ3v) is 17.3. The minimum atomic E-state index is -2.05. The molecule has 306 valence electrons. The third-order valence-electron chi connectivity index (χ3n) is 12.0. The lowest BCUT2D eigenvalue weighted by Gasteiger charge is -2.36. The van der Waals surface area contributed by atoms with E-state index in [2.05, 4.69) is 72.6 Å². The summed E-state index contributed by atoms with van der Waals surface area (Å²) in [6.07, 6.45) is 3.51. The van der Waals surface area contributed by atoms with E-state index >= 15 is 0 Å². The molecule has 0 atom stereocenters. The van der Waals surface area contributed by atoms with Crippen molar-refractivity contribution in [3.05, 3.63) is 117 Å². The molecule has 2 amide bonds. The van der Waals surface area contributed by atoms with Crippen molar-refractivity contribution in [1.29, 1.82) is 0 Å². The van der Waals surface area contributed by atoms with E-state index in [0.717, 1.165) is 121 Å². The maximum absolute atomic E-state index is 13.5. The van der Waals surface area contributed by atoms with Crippen LogP contribution >= 0.6 is 11.3 Å². The third kappa shape index (κ3) is 9.91. The second-order valence-electron chi connectivity index (χ2n) is 17.1. The van der Waals surface area contributed by atoms with Crippen LogP contribution in [0.1, 0.15) is 60.7 Å². The quantitative estimate of drug-likeness (QED) is 0.0759. The largest absolute Gasteiger partial charge is 0.542 e. The number of aromatic amines is 1. The number of thiazole rings is 1. The van der Waals surface area contributed by atoms with Crippen LogP contribution in [-0.2, 0) is 24.0 Å². The number of rotatable bonds is 14. The van der Waals surface area contributed by atoms with Gasteiger partial charge in [-0.2, -0.15) is 0 Å². The molecule has 0 aliphatic carbocycles. The number of H-pyrrole nitrogens is 1. The smallest absolute Gasteiger partial charge is 0.411 e. The van der Waals surface area contributed by atoms with Crippen molar-refractivity contribution >= 4 is 47.6 Å². The van der Waals surface area contributed by atoms with Crippen molar-refractivity contribution in [2.24, 2.45) is 0 Å². The Kier molecular flexibility index (Phi) is 12.9. The number of piperidine rings is 1. The van der Waals surface area contributed by atoms with Crippen LogP contribution in [-0.4, -0.2) is 87.0 Å². The van der Waals surface area contributed by atoms with Crippen LogP contribution in [0.5, 0.6) is 5.75 Å². The molecule has 4 aromatic carbocycles. The summed E-state index contributed by atoms with van der Waals surface area (Å²) in [5, 5.41) is 6.60. The summed E-state index contributed by atoms with van der Waals surface area (Å²) in [7, 11) is -2.05. The molecule has 1 saturated heterocycles. The molecule has 3 N–H and O–H groups in total. The van der Waals surface area contributed by atoms with Crippen molar-refractivity contribution in [3.63, 3.8) is 0 Å². The maximum atomic E-state index is 13.5. The maximum Gasteiger partial charge on any atom is 0.411 e. The number of hydrogen-bond donors (Lipinski definition) is 3. The lowest BCUT2D eigenvalue weighted by atomic mass is 9.95. The predicted octanol–water partition coefficient (Wildman–Crippen LogP) is 8.73. The minimum absolute atomic E-state index is 0.0582. The first-order valence-electron chi connectivity index (χ1n) is 20.6. The van der Waals surface area contributed by atoms with Gasteiger partial charge in [0.15, 0.2) is 0 Å². The first-order valence-corrected chi connectivity index (χ1v) is 24.4. The molecule has 0 radical (unpaired) electrons. The zero-order valence-corrected chi connectivity index (χ0v) is 36.3. The number of nitrogens with one attached hydrogen (secondary N) is 3. The molecule has 2 aliphatic heterocycles. The van der Waals surface area contributed by atoms with E-state index in [9.17, 15) is 14.4 Å². The molecule has 0 spiro atoms. The van der Waals surface area contributed by atoms with Gasteiger partial charge in [-0.15, -0.1) is 0 Å². The van der Waals surface area contributed by atoms with Gasteiger partial charge in [0.05, 0.1) is 10.4 Å². The monoisotopic (exact) mass is 819 g/mol. The molecule has 3 heterocycles. The van der Waals surface area contributed by atoms with E-state index in [1.54, 1.807) is 0 Å². The minimum Gasteiger partial charge on any atom is -0.542 e. The van der Waals surface area contributed by atoms with Crippen LogP contribution in [0.2, 0.25) is 18.1 Å². The van der Waals surface area contributed by atoms with Gasteiger partial charge < -0.3 is 29.3 Å². The Morgan fingerprint density at radius 3 is 2.40 bits per heavy atom. The summed E-state index contributed by atoms with van der Waals surface area (Å²) in [6.45, 7) is 16.6. The van der Waals surface area contributed by atoms with E-state index in [-0.39, 0.29) is 21.9 Å². The summed E-state index contributed by atoms with van der Waals surface area (Å²) < 4.78 is 13.4. The number of nitrogens with zero attached hydrogens (tertiary/aromatic N) is 2. The topological polar surface area (TPSA) is 116 Å². The van der Waals surface area contributed by atoms with Crippen LogP contribution in [0.4, 0.5) is 10.5 Å². The fraction of sp³-hybridized carbons (Fsp3) is 0.413. The van der Waals surface area contributed by atoms with Crippen molar-refractivity contribution < 1.29 is 18.8 Å². The van der Waals surface area contributed by atoms with Crippen molar-refractivity contribution in [2.75, 3.05) is 51.1 Å². The van der Waals surface area contributed by atoms with E-state index in [0.29, 0.717) is 6.54 Å². The van der Waals surface area contributed by atoms with Gasteiger partial charge in [0, 0.05) is 43.9 Å². The Bertz CT molecular complexity index is 2280. The number of fused-ring (bicyclic) bond motifs is 2. The highest BCUT2D eigenvalue weighted by atomic mass is 32.1. The fourth-order valence-corrected chi connectivity index (χ4v) is 9.50. The zero-order valence-electron chi connectivity index (χ0n) is 34.5. The SMILES string of the molecule is CC(C)(C)[Si](C)(C)Oc1ccc(CCNCCc2ccc3c(c2)CCN(CCN2CCC(OC(=O)Nc4ccccc4-c4ccccc4)CC2)C3=O)c2sc(=O)[nH]c12. The molecule has 10 nitrogen and oxygen atoms in total. The predicted molar refractivity (Wildman–Crippen MR) is 238 cm³/mol. The lowest BCUT2D eigenvalue weighted by molar-refractivity contribution is 0.0517. The van der Waals surface area contributed by atoms with Gasteiger partial charge in [0.1, 0.15) is 17.4 Å². The molecule has 58 heavy (non-hydrogen) atoms. The first-order chi connectivity index (χ1) is 27.8. The van der Waals surface area contributed by atoms with Crippen LogP contribution in [0.15, 0.2) is 89.7 Å². The standard InChI is InChI=1S/C46H57N5O5SSi/c1-46(2,3)58(4,5)56-40-18-16-34(42-41(40)49-45(54)57-42)20-25-47-24-19-32-15-17-38-35(31-32)21-28-51(43(38)52)30-29-50-26-22-36(23-27-50)55-44(53)48-39-14-10-9-13-37(39)33-11-7-6-8-12-33/h6-18,31,36,47H,19-30H2,1-5H3,(H,48,53)(H,49,54). The van der Waals surface area contributed by atoms with E-state index in [1.807, 2.05) is 71.6 Å². The van der Waals surface area contributed by atoms with Crippen LogP contribution in [0, 0.1) is 0 Å². The molecule has 0 saturated carbocycles. The molecule has 1 aromatic heterocycles. The Hall–Kier alpha value is -4.75. The average molecular weight is 820 g/mol. The van der Waals surface area contributed by atoms with Crippen molar-refractivity contribution in [3.8, 4) is 16.9 Å². The number of benzene rings is 4. The molecule has 12 heteroatoms. The molecular weight excluding hydrogens is 763 g/mol. The Morgan fingerprint density at radius 2 is 1.62 bits per heavy atom. The number of likely N-dealkylation sites (tertiary alicyclic amines) is 1. The van der Waals surface area contributed by atoms with Crippen LogP contribution < -0.4 is 19.9 Å². The first kappa shape index (κ1) is 41.4. The number of ether oxygens (including phenoxy) is 1. The van der Waals surface area contributed by atoms with Gasteiger partial charge in [-0.3, -0.25) is 14.9 Å². The van der Waals surface area contributed by atoms with Gasteiger partial charge in [0.25, 0.3) is 14.2 Å². The Balaban J connectivity index is 0.824. The molecule has 0 bridgehead atoms. The highest BCUT2D eigenvalue weighted by Crippen LogP contribution is 2.40. The van der Waals surface area contributed by atoms with Crippen molar-refractivity contribution in [1.82, 2.24) is 20.1 Å². The summed E-state index contributed by atoms with van der Waals surface area (Å²) >= 11 is 1.26. The van der Waals surface area contributed by atoms with Crippen LogP contribution in [0.25, 0.3) is 21.3 Å². The van der Waals surface area contributed by atoms with E-state index < -0.39 is 14.4 Å². The summed E-state index contributed by atoms with van der Waals surface area (Å²) in [4.78, 5) is 46.1. The van der Waals surface area contributed by atoms with Gasteiger partial charge in [0.2, 0.25) is 0 Å². The highest BCUT2D eigenvalue weighted by Gasteiger charge is 2.39. The average Bonchev–Trinajstić information content (AvgIpc) is 3.61. The lowest BCUT2D eigenvalue weighted by Crippen LogP contribution is -2.45. The molecule has 1 fully saturated rings. The van der Waals surface area contributed by atoms with Crippen molar-refractivity contribution in [2.45, 2.75) is 77.1 Å². The number of carbonyl (C=O) groups is 2. The summed E-state index contributed by atoms with van der Waals surface area (Å²) in [6, 6.07) is 28.2. The Labute approximate surface area is 347 Å². The Morgan fingerprint density at radius 1 is 0.879 bits per heavy atom. The number of amides is 2. The molecular formula is C46H57N5O5SSi. The molecule has 7 rings (SSSR count). The van der Waals surface area contributed by atoms with Gasteiger partial charge in [-0.25, -0.2) is 4.79 Å². The number of hydrogen-bond acceptors (Lipinski definition) is 8. The van der Waals surface area contributed by atoms with Gasteiger partial charge in [-0.1, -0.05) is 98.8 Å². The van der Waals surface area contributed by atoms with Crippen LogP contribution in [0.3, 0.4) is 0 Å². The second kappa shape index (κ2) is 18.0. The van der Waals surface area contributed by atoms with E-state index in [4.69, 9.17) is 9.16 Å². The number of aromatic nitrogens is 1. The van der Waals surface area contributed by atoms with Gasteiger partial charge >= 0.3 is 11.0 Å². The summed E-state index contributed by atoms with van der Waals surface area (Å²) in [5.74, 6) is 0.883. The molecule has 0 unspecified atom stereocenters. The fourth-order valence-electron chi connectivity index (χ4n) is 7.58. The normalized spacial score (nSPS) is 15.4. The van der Waals surface area contributed by atoms with Gasteiger partial charge in [-0.05, 0) is 104 Å². The molecule has 5 aromatic rings. The number of anilines is 1. The zero-order chi connectivity index (χ0) is 40.9. The molecule has 2 aliphatic rings. The van der Waals surface area contributed by atoms with E-state index in [1.165, 1.54) is 16.9 Å². The highest BCUT2D eigenvalue weighted by molar-refractivity contribution is 7.16.